The van der Waals surface area contributed by atoms with Gasteiger partial charge in [-0.2, -0.15) is 5.26 Å². The predicted molar refractivity (Wildman–Crippen MR) is 99.7 cm³/mol. The highest BCUT2D eigenvalue weighted by molar-refractivity contribution is 7.13. The van der Waals surface area contributed by atoms with Gasteiger partial charge in [-0.15, -0.1) is 0 Å². The fourth-order valence-corrected chi connectivity index (χ4v) is 2.74. The number of ether oxygens (including phenoxy) is 3. The van der Waals surface area contributed by atoms with Crippen LogP contribution < -0.4 is 10.1 Å². The molecule has 0 bridgehead atoms. The van der Waals surface area contributed by atoms with E-state index in [0.717, 1.165) is 11.3 Å². The lowest BCUT2D eigenvalue weighted by atomic mass is 10.0. The summed E-state index contributed by atoms with van der Waals surface area (Å²) in [7, 11) is 0. The lowest BCUT2D eigenvalue weighted by Gasteiger charge is -2.16. The molecule has 1 heterocycles. The third-order valence-electron chi connectivity index (χ3n) is 3.24. The average molecular weight is 381 g/mol. The van der Waals surface area contributed by atoms with Gasteiger partial charge < -0.3 is 19.5 Å². The second-order valence-corrected chi connectivity index (χ2v) is 6.76. The number of carbonyl (C=O) groups excluding carboxylic acids is 1. The zero-order valence-corrected chi connectivity index (χ0v) is 16.6. The standard InChI is InChI=1S/C18H27N3O4S/c1-5-7-25-18-21-12-14(26-18)11-20-16(13(3)4)15(10-19)17(22)24-9-8-23-6-2/h12-13,20H,5-9,11H2,1-4H3/b16-15+. The van der Waals surface area contributed by atoms with Crippen molar-refractivity contribution in [3.05, 3.63) is 22.3 Å². The number of nitrogens with zero attached hydrogens (tertiary/aromatic N) is 2. The Bertz CT molecular complexity index is 635. The van der Waals surface area contributed by atoms with Crippen LogP contribution in [0.1, 0.15) is 39.0 Å². The molecule has 0 amide bonds. The Morgan fingerprint density at radius 1 is 1.35 bits per heavy atom. The van der Waals surface area contributed by atoms with E-state index in [4.69, 9.17) is 14.2 Å². The number of carbonyl (C=O) groups is 1. The number of nitriles is 1. The van der Waals surface area contributed by atoms with Gasteiger partial charge in [0.05, 0.1) is 19.8 Å². The molecule has 0 aliphatic rings. The van der Waals surface area contributed by atoms with Gasteiger partial charge in [0.15, 0.2) is 5.57 Å². The molecule has 1 aromatic rings. The third-order valence-corrected chi connectivity index (χ3v) is 4.15. The SMILES string of the molecule is CCCOc1ncc(CN/C(=C(\C#N)C(=O)OCCOCC)C(C)C)s1. The molecule has 0 saturated carbocycles. The number of hydrogen-bond donors (Lipinski definition) is 1. The number of aromatic nitrogens is 1. The van der Waals surface area contributed by atoms with Gasteiger partial charge in [0, 0.05) is 23.4 Å². The molecule has 0 aromatic carbocycles. The predicted octanol–water partition coefficient (Wildman–Crippen LogP) is 3.03. The van der Waals surface area contributed by atoms with Crippen molar-refractivity contribution in [3.63, 3.8) is 0 Å². The highest BCUT2D eigenvalue weighted by atomic mass is 32.1. The molecule has 1 rings (SSSR count). The van der Waals surface area contributed by atoms with Crippen molar-refractivity contribution in [3.8, 4) is 11.3 Å². The summed E-state index contributed by atoms with van der Waals surface area (Å²) in [6.45, 7) is 9.79. The van der Waals surface area contributed by atoms with Crippen molar-refractivity contribution in [2.75, 3.05) is 26.4 Å². The quantitative estimate of drug-likeness (QED) is 0.257. The van der Waals surface area contributed by atoms with Gasteiger partial charge in [-0.05, 0) is 19.3 Å². The lowest BCUT2D eigenvalue weighted by Crippen LogP contribution is -2.23. The van der Waals surface area contributed by atoms with Crippen LogP contribution in [-0.2, 0) is 20.8 Å². The second kappa shape index (κ2) is 12.3. The summed E-state index contributed by atoms with van der Waals surface area (Å²) < 4.78 is 15.7. The van der Waals surface area contributed by atoms with Crippen LogP contribution in [0.3, 0.4) is 0 Å². The van der Waals surface area contributed by atoms with Crippen LogP contribution in [0.25, 0.3) is 0 Å². The minimum Gasteiger partial charge on any atom is -0.470 e. The van der Waals surface area contributed by atoms with Crippen molar-refractivity contribution in [2.24, 2.45) is 5.92 Å². The summed E-state index contributed by atoms with van der Waals surface area (Å²) >= 11 is 1.44. The number of rotatable bonds is 12. The number of thiazole rings is 1. The molecule has 0 unspecified atom stereocenters. The van der Waals surface area contributed by atoms with E-state index < -0.39 is 5.97 Å². The van der Waals surface area contributed by atoms with Gasteiger partial charge in [-0.1, -0.05) is 32.1 Å². The molecule has 0 radical (unpaired) electrons. The van der Waals surface area contributed by atoms with Gasteiger partial charge in [0.1, 0.15) is 12.7 Å². The van der Waals surface area contributed by atoms with Crippen LogP contribution >= 0.6 is 11.3 Å². The Morgan fingerprint density at radius 3 is 2.73 bits per heavy atom. The van der Waals surface area contributed by atoms with Crippen molar-refractivity contribution in [1.29, 1.82) is 5.26 Å². The van der Waals surface area contributed by atoms with Crippen LogP contribution in [0, 0.1) is 17.2 Å². The molecule has 0 fully saturated rings. The molecular formula is C18H27N3O4S. The van der Waals surface area contributed by atoms with E-state index in [1.807, 2.05) is 33.8 Å². The number of hydrogen-bond acceptors (Lipinski definition) is 8. The Labute approximate surface area is 159 Å². The van der Waals surface area contributed by atoms with Crippen molar-refractivity contribution in [1.82, 2.24) is 10.3 Å². The number of allylic oxidation sites excluding steroid dienone is 1. The summed E-state index contributed by atoms with van der Waals surface area (Å²) in [5.41, 5.74) is 0.543. The molecular weight excluding hydrogens is 354 g/mol. The minimum atomic E-state index is -0.639. The molecule has 1 aromatic heterocycles. The van der Waals surface area contributed by atoms with E-state index in [1.54, 1.807) is 6.20 Å². The molecule has 1 N–H and O–H groups in total. The van der Waals surface area contributed by atoms with E-state index >= 15 is 0 Å². The first kappa shape index (κ1) is 21.9. The maximum Gasteiger partial charge on any atom is 0.350 e. The monoisotopic (exact) mass is 381 g/mol. The van der Waals surface area contributed by atoms with Crippen LogP contribution in [0.5, 0.6) is 5.19 Å². The maximum absolute atomic E-state index is 12.2. The van der Waals surface area contributed by atoms with Gasteiger partial charge in [0.2, 0.25) is 0 Å². The van der Waals surface area contributed by atoms with E-state index in [2.05, 4.69) is 10.3 Å². The molecule has 144 valence electrons. The summed E-state index contributed by atoms with van der Waals surface area (Å²) in [6.07, 6.45) is 2.65. The number of nitrogens with one attached hydrogen (secondary N) is 1. The van der Waals surface area contributed by atoms with Crippen LogP contribution in [0.15, 0.2) is 17.5 Å². The Balaban J connectivity index is 2.74. The van der Waals surface area contributed by atoms with E-state index in [1.165, 1.54) is 11.3 Å². The van der Waals surface area contributed by atoms with Crippen LogP contribution in [0.4, 0.5) is 0 Å². The highest BCUT2D eigenvalue weighted by Crippen LogP contribution is 2.22. The first-order valence-corrected chi connectivity index (χ1v) is 9.55. The lowest BCUT2D eigenvalue weighted by molar-refractivity contribution is -0.140. The Kier molecular flexibility index (Phi) is 10.4. The minimum absolute atomic E-state index is 0.0107. The molecule has 8 heteroatoms. The third kappa shape index (κ3) is 7.42. The Morgan fingerprint density at radius 2 is 2.12 bits per heavy atom. The number of esters is 1. The zero-order valence-electron chi connectivity index (χ0n) is 15.8. The molecule has 7 nitrogen and oxygen atoms in total. The van der Waals surface area contributed by atoms with E-state index in [9.17, 15) is 10.1 Å². The maximum atomic E-state index is 12.2. The normalized spacial score (nSPS) is 11.7. The van der Waals surface area contributed by atoms with E-state index in [-0.39, 0.29) is 18.1 Å². The van der Waals surface area contributed by atoms with Gasteiger partial charge >= 0.3 is 5.97 Å². The van der Waals surface area contributed by atoms with Gasteiger partial charge in [0.25, 0.3) is 5.19 Å². The Hall–Kier alpha value is -2.11. The van der Waals surface area contributed by atoms with Crippen LogP contribution in [-0.4, -0.2) is 37.4 Å². The summed E-state index contributed by atoms with van der Waals surface area (Å²) in [4.78, 5) is 17.3. The highest BCUT2D eigenvalue weighted by Gasteiger charge is 2.19. The smallest absolute Gasteiger partial charge is 0.350 e. The first-order chi connectivity index (χ1) is 12.5. The summed E-state index contributed by atoms with van der Waals surface area (Å²) in [5.74, 6) is -0.674. The van der Waals surface area contributed by atoms with Crippen molar-refractivity contribution < 1.29 is 19.0 Å². The van der Waals surface area contributed by atoms with Crippen molar-refractivity contribution >= 4 is 17.3 Å². The van der Waals surface area contributed by atoms with E-state index in [0.29, 0.717) is 37.3 Å². The fraction of sp³-hybridized carbons (Fsp3) is 0.611. The van der Waals surface area contributed by atoms with Gasteiger partial charge in [-0.25, -0.2) is 9.78 Å². The molecule has 0 aliphatic carbocycles. The largest absolute Gasteiger partial charge is 0.470 e. The molecule has 0 saturated heterocycles. The van der Waals surface area contributed by atoms with Gasteiger partial charge in [-0.3, -0.25) is 0 Å². The first-order valence-electron chi connectivity index (χ1n) is 8.73. The zero-order chi connectivity index (χ0) is 19.4. The topological polar surface area (TPSA) is 93.5 Å². The molecule has 0 spiro atoms. The summed E-state index contributed by atoms with van der Waals surface area (Å²) in [5, 5.41) is 13.2. The summed E-state index contributed by atoms with van der Waals surface area (Å²) in [6, 6.07) is 1.96. The van der Waals surface area contributed by atoms with Crippen LogP contribution in [0.2, 0.25) is 0 Å². The average Bonchev–Trinajstić information content (AvgIpc) is 3.07. The second-order valence-electron chi connectivity index (χ2n) is 5.68. The fourth-order valence-electron chi connectivity index (χ4n) is 2.02. The molecule has 26 heavy (non-hydrogen) atoms. The van der Waals surface area contributed by atoms with Crippen molar-refractivity contribution in [2.45, 2.75) is 40.7 Å². The molecule has 0 aliphatic heterocycles. The molecule has 0 atom stereocenters.